The molecule has 1 unspecified atom stereocenters. The van der Waals surface area contributed by atoms with Crippen molar-refractivity contribution in [3.63, 3.8) is 0 Å². The molecule has 17 heavy (non-hydrogen) atoms. The molecule has 0 aliphatic heterocycles. The molecule has 1 saturated carbocycles. The van der Waals surface area contributed by atoms with E-state index in [-0.39, 0.29) is 6.10 Å². The Morgan fingerprint density at radius 2 is 2.29 bits per heavy atom. The van der Waals surface area contributed by atoms with Gasteiger partial charge in [-0.05, 0) is 48.8 Å². The second kappa shape index (κ2) is 5.50. The summed E-state index contributed by atoms with van der Waals surface area (Å²) in [4.78, 5) is 2.12. The maximum absolute atomic E-state index is 10.4. The number of hydrogen-bond acceptors (Lipinski definition) is 3. The van der Waals surface area contributed by atoms with E-state index in [4.69, 9.17) is 0 Å². The van der Waals surface area contributed by atoms with Crippen molar-refractivity contribution in [2.75, 3.05) is 20.6 Å². The molecule has 1 fully saturated rings. The summed E-state index contributed by atoms with van der Waals surface area (Å²) >= 11 is 3.49. The third-order valence-electron chi connectivity index (χ3n) is 3.47. The van der Waals surface area contributed by atoms with Crippen LogP contribution in [0.3, 0.4) is 0 Å². The van der Waals surface area contributed by atoms with Gasteiger partial charge in [-0.25, -0.2) is 0 Å². The highest BCUT2D eigenvalue weighted by atomic mass is 79.9. The van der Waals surface area contributed by atoms with Crippen molar-refractivity contribution < 1.29 is 5.11 Å². The Morgan fingerprint density at radius 3 is 2.82 bits per heavy atom. The zero-order valence-electron chi connectivity index (χ0n) is 10.4. The molecule has 1 aliphatic rings. The van der Waals surface area contributed by atoms with Gasteiger partial charge in [-0.15, -0.1) is 0 Å². The molecule has 96 valence electrons. The third-order valence-corrected chi connectivity index (χ3v) is 4.08. The smallest absolute Gasteiger partial charge is 0.0996 e. The molecule has 1 aromatic rings. The highest BCUT2D eigenvalue weighted by Crippen LogP contribution is 2.39. The molecule has 0 spiro atoms. The lowest BCUT2D eigenvalue weighted by molar-refractivity contribution is 0.0538. The summed E-state index contributed by atoms with van der Waals surface area (Å²) < 4.78 is 2.85. The quantitative estimate of drug-likeness (QED) is 0.905. The van der Waals surface area contributed by atoms with E-state index < -0.39 is 0 Å². The molecule has 0 amide bonds. The van der Waals surface area contributed by atoms with Crippen LogP contribution in [0.15, 0.2) is 10.7 Å². The molecular weight excluding hydrogens is 282 g/mol. The monoisotopic (exact) mass is 301 g/mol. The molecule has 1 heterocycles. The lowest BCUT2D eigenvalue weighted by Gasteiger charge is -2.31. The Labute approximate surface area is 111 Å². The van der Waals surface area contributed by atoms with Crippen molar-refractivity contribution in [2.24, 2.45) is 5.92 Å². The van der Waals surface area contributed by atoms with Crippen LogP contribution in [0.25, 0.3) is 0 Å². The SMILES string of the molecule is CN(C)CCn1ncc(Br)c1C(O)C1CCC1. The van der Waals surface area contributed by atoms with E-state index in [1.807, 2.05) is 18.8 Å². The van der Waals surface area contributed by atoms with E-state index in [0.29, 0.717) is 5.92 Å². The van der Waals surface area contributed by atoms with Crippen molar-refractivity contribution in [1.29, 1.82) is 0 Å². The Bertz CT molecular complexity index is 374. The van der Waals surface area contributed by atoms with Gasteiger partial charge in [0.05, 0.1) is 29.0 Å². The first-order chi connectivity index (χ1) is 8.09. The predicted octanol–water partition coefficient (Wildman–Crippen LogP) is 2.04. The molecule has 0 radical (unpaired) electrons. The zero-order chi connectivity index (χ0) is 12.4. The highest BCUT2D eigenvalue weighted by molar-refractivity contribution is 9.10. The minimum absolute atomic E-state index is 0.372. The number of aliphatic hydroxyl groups excluding tert-OH is 1. The second-order valence-electron chi connectivity index (χ2n) is 5.04. The van der Waals surface area contributed by atoms with E-state index in [0.717, 1.165) is 36.1 Å². The van der Waals surface area contributed by atoms with Crippen LogP contribution in [-0.4, -0.2) is 40.4 Å². The Balaban J connectivity index is 2.10. The topological polar surface area (TPSA) is 41.3 Å². The van der Waals surface area contributed by atoms with E-state index >= 15 is 0 Å². The van der Waals surface area contributed by atoms with Crippen LogP contribution < -0.4 is 0 Å². The van der Waals surface area contributed by atoms with Gasteiger partial charge >= 0.3 is 0 Å². The van der Waals surface area contributed by atoms with Crippen molar-refractivity contribution >= 4 is 15.9 Å². The number of hydrogen-bond donors (Lipinski definition) is 1. The van der Waals surface area contributed by atoms with Gasteiger partial charge in [0.25, 0.3) is 0 Å². The van der Waals surface area contributed by atoms with E-state index in [9.17, 15) is 5.11 Å². The van der Waals surface area contributed by atoms with Gasteiger partial charge in [0.1, 0.15) is 0 Å². The third kappa shape index (κ3) is 2.89. The second-order valence-corrected chi connectivity index (χ2v) is 5.89. The lowest BCUT2D eigenvalue weighted by atomic mass is 9.80. The lowest BCUT2D eigenvalue weighted by Crippen LogP contribution is -2.25. The minimum Gasteiger partial charge on any atom is -0.386 e. The molecular formula is C12H20BrN3O. The fourth-order valence-electron chi connectivity index (χ4n) is 2.12. The zero-order valence-corrected chi connectivity index (χ0v) is 12.0. The van der Waals surface area contributed by atoms with Gasteiger partial charge in [-0.3, -0.25) is 4.68 Å². The van der Waals surface area contributed by atoms with E-state index in [1.54, 1.807) is 6.20 Å². The Morgan fingerprint density at radius 1 is 1.59 bits per heavy atom. The van der Waals surface area contributed by atoms with Crippen molar-refractivity contribution in [2.45, 2.75) is 31.9 Å². The molecule has 0 aromatic carbocycles. The molecule has 1 aliphatic carbocycles. The molecule has 1 aromatic heterocycles. The van der Waals surface area contributed by atoms with Gasteiger partial charge in [0.2, 0.25) is 0 Å². The van der Waals surface area contributed by atoms with Crippen LogP contribution in [0.1, 0.15) is 31.1 Å². The van der Waals surface area contributed by atoms with Gasteiger partial charge in [0, 0.05) is 6.54 Å². The number of rotatable bonds is 5. The molecule has 1 atom stereocenters. The number of halogens is 1. The van der Waals surface area contributed by atoms with Crippen molar-refractivity contribution in [3.8, 4) is 0 Å². The first-order valence-electron chi connectivity index (χ1n) is 6.13. The van der Waals surface area contributed by atoms with Crippen molar-refractivity contribution in [3.05, 3.63) is 16.4 Å². The van der Waals surface area contributed by atoms with Gasteiger partial charge in [-0.2, -0.15) is 5.10 Å². The molecule has 0 saturated heterocycles. The summed E-state index contributed by atoms with van der Waals surface area (Å²) in [6.45, 7) is 1.75. The number of likely N-dealkylation sites (N-methyl/N-ethyl adjacent to an activating group) is 1. The Kier molecular flexibility index (Phi) is 4.22. The average Bonchev–Trinajstić information content (AvgIpc) is 2.53. The summed E-state index contributed by atoms with van der Waals surface area (Å²) in [6, 6.07) is 0. The molecule has 1 N–H and O–H groups in total. The highest BCUT2D eigenvalue weighted by Gasteiger charge is 2.30. The maximum Gasteiger partial charge on any atom is 0.0996 e. The predicted molar refractivity (Wildman–Crippen MR) is 70.8 cm³/mol. The summed E-state index contributed by atoms with van der Waals surface area (Å²) in [7, 11) is 4.08. The van der Waals surface area contributed by atoms with Gasteiger partial charge in [-0.1, -0.05) is 6.42 Å². The van der Waals surface area contributed by atoms with Crippen LogP contribution >= 0.6 is 15.9 Å². The summed E-state index contributed by atoms with van der Waals surface area (Å²) in [5.74, 6) is 0.418. The molecule has 2 rings (SSSR count). The fourth-order valence-corrected chi connectivity index (χ4v) is 2.65. The normalized spacial score (nSPS) is 18.4. The fraction of sp³-hybridized carbons (Fsp3) is 0.750. The van der Waals surface area contributed by atoms with Crippen LogP contribution in [0.4, 0.5) is 0 Å². The van der Waals surface area contributed by atoms with E-state index in [2.05, 4.69) is 25.9 Å². The molecule has 4 nitrogen and oxygen atoms in total. The Hall–Kier alpha value is -0.390. The maximum atomic E-state index is 10.4. The van der Waals surface area contributed by atoms with Crippen LogP contribution in [0.5, 0.6) is 0 Å². The van der Waals surface area contributed by atoms with Gasteiger partial charge in [0.15, 0.2) is 0 Å². The van der Waals surface area contributed by atoms with Crippen LogP contribution in [0.2, 0.25) is 0 Å². The first kappa shape index (κ1) is 13.1. The minimum atomic E-state index is -0.372. The summed E-state index contributed by atoms with van der Waals surface area (Å²) in [5, 5.41) is 14.7. The largest absolute Gasteiger partial charge is 0.386 e. The standard InChI is InChI=1S/C12H20BrN3O/c1-15(2)6-7-16-11(10(13)8-14-16)12(17)9-4-3-5-9/h8-9,12,17H,3-7H2,1-2H3. The average molecular weight is 302 g/mol. The summed E-state index contributed by atoms with van der Waals surface area (Å²) in [5.41, 5.74) is 0.941. The number of aromatic nitrogens is 2. The first-order valence-corrected chi connectivity index (χ1v) is 6.93. The number of nitrogens with zero attached hydrogens (tertiary/aromatic N) is 3. The van der Waals surface area contributed by atoms with Crippen LogP contribution in [-0.2, 0) is 6.54 Å². The van der Waals surface area contributed by atoms with Crippen LogP contribution in [0, 0.1) is 5.92 Å². The summed E-state index contributed by atoms with van der Waals surface area (Å²) in [6.07, 6.45) is 4.92. The van der Waals surface area contributed by atoms with Gasteiger partial charge < -0.3 is 10.0 Å². The van der Waals surface area contributed by atoms with E-state index in [1.165, 1.54) is 6.42 Å². The van der Waals surface area contributed by atoms with Crippen molar-refractivity contribution in [1.82, 2.24) is 14.7 Å². The number of aliphatic hydroxyl groups is 1. The molecule has 0 bridgehead atoms. The molecule has 5 heteroatoms.